The minimum atomic E-state index is -1.26. The maximum absolute atomic E-state index is 13.4. The Kier molecular flexibility index (Phi) is 5.83. The molecular formula is C24H21ClFNO4. The molecule has 31 heavy (non-hydrogen) atoms. The third-order valence-corrected chi connectivity index (χ3v) is 6.00. The van der Waals surface area contributed by atoms with Gasteiger partial charge in [-0.25, -0.2) is 9.18 Å². The minimum absolute atomic E-state index is 0.176. The first-order chi connectivity index (χ1) is 14.9. The van der Waals surface area contributed by atoms with Crippen LogP contribution in [0.2, 0.25) is 5.02 Å². The van der Waals surface area contributed by atoms with Gasteiger partial charge in [0.05, 0.1) is 12.2 Å². The molecule has 7 heteroatoms. The van der Waals surface area contributed by atoms with E-state index in [0.29, 0.717) is 35.4 Å². The van der Waals surface area contributed by atoms with Crippen molar-refractivity contribution in [2.45, 2.75) is 31.2 Å². The van der Waals surface area contributed by atoms with E-state index in [-0.39, 0.29) is 18.0 Å². The number of amides is 1. The number of carbonyl (C=O) groups excluding carboxylic acids is 1. The van der Waals surface area contributed by atoms with Gasteiger partial charge in [0, 0.05) is 22.2 Å². The molecule has 0 bridgehead atoms. The van der Waals surface area contributed by atoms with Crippen molar-refractivity contribution in [1.82, 2.24) is 5.32 Å². The van der Waals surface area contributed by atoms with Gasteiger partial charge in [-0.2, -0.15) is 0 Å². The molecule has 1 fully saturated rings. The number of halogens is 2. The summed E-state index contributed by atoms with van der Waals surface area (Å²) in [5.74, 6) is -1.59. The van der Waals surface area contributed by atoms with E-state index in [1.165, 1.54) is 18.2 Å². The van der Waals surface area contributed by atoms with Crippen molar-refractivity contribution in [3.8, 4) is 5.75 Å². The van der Waals surface area contributed by atoms with Crippen molar-refractivity contribution in [1.29, 1.82) is 0 Å². The molecule has 3 aromatic rings. The third kappa shape index (κ3) is 4.21. The molecule has 0 spiro atoms. The predicted molar refractivity (Wildman–Crippen MR) is 116 cm³/mol. The molecule has 0 unspecified atom stereocenters. The van der Waals surface area contributed by atoms with Crippen LogP contribution in [0.3, 0.4) is 0 Å². The number of carbonyl (C=O) groups is 2. The number of nitrogens with one attached hydrogen (secondary N) is 1. The topological polar surface area (TPSA) is 75.6 Å². The van der Waals surface area contributed by atoms with Crippen LogP contribution in [0.1, 0.15) is 35.2 Å². The number of fused-ring (bicyclic) bond motifs is 1. The van der Waals surface area contributed by atoms with E-state index >= 15 is 0 Å². The number of aliphatic carboxylic acids is 1. The number of carboxylic acids is 1. The van der Waals surface area contributed by atoms with Crippen molar-refractivity contribution in [3.63, 3.8) is 0 Å². The van der Waals surface area contributed by atoms with Gasteiger partial charge < -0.3 is 15.2 Å². The van der Waals surface area contributed by atoms with Gasteiger partial charge in [-0.05, 0) is 43.0 Å². The molecule has 1 aliphatic rings. The van der Waals surface area contributed by atoms with Crippen LogP contribution < -0.4 is 10.1 Å². The van der Waals surface area contributed by atoms with Gasteiger partial charge in [-0.1, -0.05) is 48.0 Å². The van der Waals surface area contributed by atoms with Crippen LogP contribution in [0, 0.1) is 5.82 Å². The lowest BCUT2D eigenvalue weighted by molar-refractivity contribution is -0.148. The summed E-state index contributed by atoms with van der Waals surface area (Å²) < 4.78 is 19.5. The number of hydrogen-bond donors (Lipinski definition) is 2. The van der Waals surface area contributed by atoms with Crippen LogP contribution in [0.5, 0.6) is 5.75 Å². The molecule has 0 radical (unpaired) electrons. The number of benzene rings is 3. The third-order valence-electron chi connectivity index (χ3n) is 5.68. The summed E-state index contributed by atoms with van der Waals surface area (Å²) in [6.45, 7) is 0.208. The molecule has 0 atom stereocenters. The molecule has 1 saturated carbocycles. The highest BCUT2D eigenvalue weighted by Crippen LogP contribution is 2.37. The second kappa shape index (κ2) is 8.55. The molecule has 0 aromatic heterocycles. The Morgan fingerprint density at radius 3 is 2.48 bits per heavy atom. The van der Waals surface area contributed by atoms with E-state index in [9.17, 15) is 19.1 Å². The fourth-order valence-electron chi connectivity index (χ4n) is 3.80. The first-order valence-electron chi connectivity index (χ1n) is 10.0. The smallest absolute Gasteiger partial charge is 0.329 e. The SMILES string of the molecule is O=C(NC1(C(=O)O)CCC1)c1cc(Cl)c2ccccc2c1OCCc1cccc(F)c1. The van der Waals surface area contributed by atoms with Crippen molar-refractivity contribution < 1.29 is 23.8 Å². The van der Waals surface area contributed by atoms with Crippen LogP contribution in [0.25, 0.3) is 10.8 Å². The predicted octanol–water partition coefficient (Wildman–Crippen LogP) is 4.99. The van der Waals surface area contributed by atoms with Gasteiger partial charge in [0.25, 0.3) is 5.91 Å². The summed E-state index contributed by atoms with van der Waals surface area (Å²) in [7, 11) is 0. The molecule has 0 heterocycles. The normalized spacial score (nSPS) is 14.6. The van der Waals surface area contributed by atoms with Gasteiger partial charge in [-0.3, -0.25) is 4.79 Å². The fraction of sp³-hybridized carbons (Fsp3) is 0.250. The molecule has 3 aromatic carbocycles. The number of hydrogen-bond acceptors (Lipinski definition) is 3. The zero-order valence-corrected chi connectivity index (χ0v) is 17.4. The maximum Gasteiger partial charge on any atom is 0.329 e. The fourth-order valence-corrected chi connectivity index (χ4v) is 4.07. The lowest BCUT2D eigenvalue weighted by atomic mass is 9.76. The quantitative estimate of drug-likeness (QED) is 0.541. The second-order valence-electron chi connectivity index (χ2n) is 7.70. The van der Waals surface area contributed by atoms with Gasteiger partial charge in [0.1, 0.15) is 17.1 Å². The molecular weight excluding hydrogens is 421 g/mol. The summed E-state index contributed by atoms with van der Waals surface area (Å²) in [5, 5.41) is 14.0. The first kappa shape index (κ1) is 21.1. The molecule has 0 saturated heterocycles. The van der Waals surface area contributed by atoms with E-state index in [1.54, 1.807) is 18.2 Å². The lowest BCUT2D eigenvalue weighted by Crippen LogP contribution is -2.59. The summed E-state index contributed by atoms with van der Waals surface area (Å²) in [6, 6.07) is 15.0. The average Bonchev–Trinajstić information content (AvgIpc) is 2.72. The van der Waals surface area contributed by atoms with E-state index in [0.717, 1.165) is 17.4 Å². The lowest BCUT2D eigenvalue weighted by Gasteiger charge is -2.38. The van der Waals surface area contributed by atoms with Crippen LogP contribution in [-0.2, 0) is 11.2 Å². The van der Waals surface area contributed by atoms with Gasteiger partial charge >= 0.3 is 5.97 Å². The second-order valence-corrected chi connectivity index (χ2v) is 8.11. The summed E-state index contributed by atoms with van der Waals surface area (Å²) in [6.07, 6.45) is 1.94. The van der Waals surface area contributed by atoms with E-state index in [1.807, 2.05) is 18.2 Å². The zero-order chi connectivity index (χ0) is 22.0. The van der Waals surface area contributed by atoms with Crippen molar-refractivity contribution in [3.05, 3.63) is 76.6 Å². The van der Waals surface area contributed by atoms with Gasteiger partial charge in [-0.15, -0.1) is 0 Å². The maximum atomic E-state index is 13.4. The summed E-state index contributed by atoms with van der Waals surface area (Å²) in [4.78, 5) is 24.8. The van der Waals surface area contributed by atoms with Crippen molar-refractivity contribution >= 4 is 34.2 Å². The van der Waals surface area contributed by atoms with Gasteiger partial charge in [0.2, 0.25) is 0 Å². The highest BCUT2D eigenvalue weighted by atomic mass is 35.5. The molecule has 2 N–H and O–H groups in total. The summed E-state index contributed by atoms with van der Waals surface area (Å²) >= 11 is 6.41. The monoisotopic (exact) mass is 441 g/mol. The number of ether oxygens (including phenoxy) is 1. The molecule has 1 aliphatic carbocycles. The molecule has 1 amide bonds. The Balaban J connectivity index is 1.65. The Morgan fingerprint density at radius 1 is 1.10 bits per heavy atom. The Morgan fingerprint density at radius 2 is 1.84 bits per heavy atom. The molecule has 5 nitrogen and oxygen atoms in total. The number of rotatable bonds is 7. The van der Waals surface area contributed by atoms with E-state index in [4.69, 9.17) is 16.3 Å². The summed E-state index contributed by atoms with van der Waals surface area (Å²) in [5.41, 5.74) is -0.312. The Labute approximate surface area is 183 Å². The molecule has 0 aliphatic heterocycles. The van der Waals surface area contributed by atoms with E-state index < -0.39 is 17.4 Å². The molecule has 4 rings (SSSR count). The van der Waals surface area contributed by atoms with Crippen molar-refractivity contribution in [2.24, 2.45) is 0 Å². The Bertz CT molecular complexity index is 1160. The first-order valence-corrected chi connectivity index (χ1v) is 10.4. The van der Waals surface area contributed by atoms with Crippen molar-refractivity contribution in [2.75, 3.05) is 6.61 Å². The molecule has 160 valence electrons. The average molecular weight is 442 g/mol. The zero-order valence-electron chi connectivity index (χ0n) is 16.7. The largest absolute Gasteiger partial charge is 0.492 e. The van der Waals surface area contributed by atoms with Crippen LogP contribution in [0.4, 0.5) is 4.39 Å². The highest BCUT2D eigenvalue weighted by Gasteiger charge is 2.46. The Hall–Kier alpha value is -3.12. The van der Waals surface area contributed by atoms with E-state index in [2.05, 4.69) is 5.32 Å². The van der Waals surface area contributed by atoms with Crippen LogP contribution in [-0.4, -0.2) is 29.1 Å². The van der Waals surface area contributed by atoms with Crippen LogP contribution in [0.15, 0.2) is 54.6 Å². The van der Waals surface area contributed by atoms with Gasteiger partial charge in [0.15, 0.2) is 0 Å². The highest BCUT2D eigenvalue weighted by molar-refractivity contribution is 6.36. The minimum Gasteiger partial charge on any atom is -0.492 e. The standard InChI is InChI=1S/C24H21ClFNO4/c25-20-14-19(22(28)27-24(23(29)30)10-4-11-24)21(18-8-2-1-7-17(18)20)31-12-9-15-5-3-6-16(26)13-15/h1-3,5-8,13-14H,4,9-12H2,(H,27,28)(H,29,30). The van der Waals surface area contributed by atoms with Crippen LogP contribution >= 0.6 is 11.6 Å². The number of carboxylic acid groups (broad SMARTS) is 1.